The fraction of sp³-hybridized carbons (Fsp3) is 0.387. The maximum Gasteiger partial charge on any atom is 0.340 e. The highest BCUT2D eigenvalue weighted by atomic mass is 16.5. The summed E-state index contributed by atoms with van der Waals surface area (Å²) in [5.74, 6) is -0.0708. The molecule has 3 aromatic rings. The third-order valence-corrected chi connectivity index (χ3v) is 8.15. The van der Waals surface area contributed by atoms with E-state index in [9.17, 15) is 4.79 Å². The molecule has 0 saturated heterocycles. The van der Waals surface area contributed by atoms with Crippen LogP contribution in [0.25, 0.3) is 33.2 Å². The second kappa shape index (κ2) is 9.33. The topological polar surface area (TPSA) is 83.7 Å². The molecule has 0 radical (unpaired) electrons. The number of H-pyrrole nitrogens is 2. The van der Waals surface area contributed by atoms with E-state index in [4.69, 9.17) is 14.7 Å². The van der Waals surface area contributed by atoms with Crippen LogP contribution in [0.4, 0.5) is 0 Å². The van der Waals surface area contributed by atoms with E-state index in [0.717, 1.165) is 75.2 Å². The first-order valence-corrected chi connectivity index (χ1v) is 13.2. The SMILES string of the molecule is CCC1=C(C)c2cc3[nH]c(cc4nc(c(C)c5[nH]c(cc1n2)c(C)c5C(=O)OC)CC4C)c(C)c3CC. The zero-order valence-corrected chi connectivity index (χ0v) is 23.1. The number of aryl methyl sites for hydroxylation is 4. The van der Waals surface area contributed by atoms with Gasteiger partial charge in [-0.2, -0.15) is 0 Å². The fourth-order valence-electron chi connectivity index (χ4n) is 5.82. The number of allylic oxidation sites excluding steroid dienone is 2. The minimum Gasteiger partial charge on any atom is -0.465 e. The molecule has 6 nitrogen and oxygen atoms in total. The molecule has 5 rings (SSSR count). The number of fused-ring (bicyclic) bond motifs is 8. The number of carbonyl (C=O) groups is 1. The summed E-state index contributed by atoms with van der Waals surface area (Å²) in [4.78, 5) is 30.3. The van der Waals surface area contributed by atoms with Crippen LogP contribution in [0.15, 0.2) is 18.2 Å². The average Bonchev–Trinajstić information content (AvgIpc) is 3.57. The maximum atomic E-state index is 12.9. The first-order valence-electron chi connectivity index (χ1n) is 13.2. The Labute approximate surface area is 218 Å². The first kappa shape index (κ1) is 25.0. The summed E-state index contributed by atoms with van der Waals surface area (Å²) in [6.07, 6.45) is 2.63. The second-order valence-corrected chi connectivity index (χ2v) is 10.3. The number of nitrogens with zero attached hydrogens (tertiary/aromatic N) is 2. The van der Waals surface area contributed by atoms with Gasteiger partial charge in [-0.25, -0.2) is 9.78 Å². The molecule has 5 heterocycles. The zero-order chi connectivity index (χ0) is 26.6. The van der Waals surface area contributed by atoms with Gasteiger partial charge in [0, 0.05) is 33.9 Å². The van der Waals surface area contributed by atoms with Crippen molar-refractivity contribution in [1.29, 1.82) is 0 Å². The van der Waals surface area contributed by atoms with Crippen molar-refractivity contribution in [2.75, 3.05) is 7.11 Å². The summed E-state index contributed by atoms with van der Waals surface area (Å²) in [6.45, 7) is 14.9. The van der Waals surface area contributed by atoms with Gasteiger partial charge in [-0.3, -0.25) is 4.98 Å². The van der Waals surface area contributed by atoms with E-state index in [-0.39, 0.29) is 11.9 Å². The number of hydrogen-bond acceptors (Lipinski definition) is 4. The molecule has 0 aliphatic carbocycles. The van der Waals surface area contributed by atoms with Crippen LogP contribution < -0.4 is 0 Å². The van der Waals surface area contributed by atoms with Crippen molar-refractivity contribution in [2.24, 2.45) is 0 Å². The molecule has 0 spiro atoms. The summed E-state index contributed by atoms with van der Waals surface area (Å²) in [7, 11) is 1.43. The van der Waals surface area contributed by atoms with Gasteiger partial charge >= 0.3 is 5.97 Å². The maximum absolute atomic E-state index is 12.9. The van der Waals surface area contributed by atoms with Gasteiger partial charge in [0.05, 0.1) is 29.6 Å². The number of esters is 1. The minimum absolute atomic E-state index is 0.276. The van der Waals surface area contributed by atoms with Crippen LogP contribution in [-0.4, -0.2) is 33.0 Å². The summed E-state index contributed by atoms with van der Waals surface area (Å²) >= 11 is 0. The van der Waals surface area contributed by atoms with Gasteiger partial charge in [0.15, 0.2) is 0 Å². The van der Waals surface area contributed by atoms with Crippen molar-refractivity contribution in [2.45, 2.75) is 73.6 Å². The number of carbonyl (C=O) groups excluding carboxylic acids is 1. The predicted molar refractivity (Wildman–Crippen MR) is 151 cm³/mol. The van der Waals surface area contributed by atoms with E-state index in [0.29, 0.717) is 5.56 Å². The number of ether oxygens (including phenoxy) is 1. The normalized spacial score (nSPS) is 15.4. The summed E-state index contributed by atoms with van der Waals surface area (Å²) in [5.41, 5.74) is 15.2. The van der Waals surface area contributed by atoms with E-state index in [1.807, 2.05) is 13.8 Å². The summed E-state index contributed by atoms with van der Waals surface area (Å²) in [6, 6.07) is 6.45. The highest BCUT2D eigenvalue weighted by molar-refractivity contribution is 6.03. The smallest absolute Gasteiger partial charge is 0.340 e. The molecule has 3 aromatic heterocycles. The van der Waals surface area contributed by atoms with Gasteiger partial charge in [0.1, 0.15) is 0 Å². The molecule has 0 fully saturated rings. The van der Waals surface area contributed by atoms with Crippen molar-refractivity contribution < 1.29 is 9.53 Å². The number of rotatable bonds is 3. The highest BCUT2D eigenvalue weighted by Crippen LogP contribution is 2.35. The van der Waals surface area contributed by atoms with E-state index in [1.165, 1.54) is 29.4 Å². The van der Waals surface area contributed by atoms with Gasteiger partial charge in [0.25, 0.3) is 0 Å². The van der Waals surface area contributed by atoms with E-state index < -0.39 is 0 Å². The Morgan fingerprint density at radius 3 is 2.30 bits per heavy atom. The second-order valence-electron chi connectivity index (χ2n) is 10.3. The number of aromatic amines is 2. The third-order valence-electron chi connectivity index (χ3n) is 8.15. The molecule has 2 aliphatic heterocycles. The monoisotopic (exact) mass is 496 g/mol. The number of aromatic nitrogens is 4. The molecule has 2 N–H and O–H groups in total. The van der Waals surface area contributed by atoms with Crippen molar-refractivity contribution >= 4 is 39.2 Å². The fourth-order valence-corrected chi connectivity index (χ4v) is 5.82. The average molecular weight is 497 g/mol. The summed E-state index contributed by atoms with van der Waals surface area (Å²) < 4.78 is 5.20. The van der Waals surface area contributed by atoms with Crippen LogP contribution in [0, 0.1) is 20.8 Å². The van der Waals surface area contributed by atoms with Gasteiger partial charge < -0.3 is 14.7 Å². The van der Waals surface area contributed by atoms with Gasteiger partial charge in [-0.15, -0.1) is 0 Å². The largest absolute Gasteiger partial charge is 0.465 e. The number of methoxy groups -OCH3 is 1. The molecule has 0 aromatic carbocycles. The molecule has 2 aliphatic rings. The lowest BCUT2D eigenvalue weighted by Gasteiger charge is -2.02. The Morgan fingerprint density at radius 2 is 1.62 bits per heavy atom. The standard InChI is InChI=1S/C31H36N4O2/c1-9-20-16(4)24-12-22-15(3)11-23(32-22)19(7)30-29(31(36)37-8)18(6)26(35-30)14-28-21(10-2)17(5)25(34-28)13-27(20)33-24/h12-15,33,35H,9-11H2,1-8H3. The van der Waals surface area contributed by atoms with Crippen molar-refractivity contribution in [3.8, 4) is 0 Å². The van der Waals surface area contributed by atoms with Crippen LogP contribution in [0.3, 0.4) is 0 Å². The lowest BCUT2D eigenvalue weighted by molar-refractivity contribution is 0.0602. The van der Waals surface area contributed by atoms with Crippen molar-refractivity contribution in [1.82, 2.24) is 19.9 Å². The predicted octanol–water partition coefficient (Wildman–Crippen LogP) is 7.28. The third kappa shape index (κ3) is 3.99. The van der Waals surface area contributed by atoms with E-state index >= 15 is 0 Å². The molecule has 6 heteroatoms. The first-order chi connectivity index (χ1) is 17.7. The van der Waals surface area contributed by atoms with Crippen LogP contribution in [0.1, 0.15) is 95.4 Å². The zero-order valence-electron chi connectivity index (χ0n) is 23.1. The lowest BCUT2D eigenvalue weighted by atomic mass is 10.0. The molecule has 192 valence electrons. The Morgan fingerprint density at radius 1 is 0.919 bits per heavy atom. The Bertz CT molecular complexity index is 1630. The molecular formula is C31H36N4O2. The summed E-state index contributed by atoms with van der Waals surface area (Å²) in [5, 5.41) is 0. The molecule has 1 atom stereocenters. The number of nitrogens with one attached hydrogen (secondary N) is 2. The Balaban J connectivity index is 2.01. The quantitative estimate of drug-likeness (QED) is 0.373. The Kier molecular flexibility index (Phi) is 6.30. The van der Waals surface area contributed by atoms with Crippen LogP contribution in [0.5, 0.6) is 0 Å². The van der Waals surface area contributed by atoms with Crippen LogP contribution >= 0.6 is 0 Å². The van der Waals surface area contributed by atoms with Crippen LogP contribution in [0.2, 0.25) is 0 Å². The van der Waals surface area contributed by atoms with Crippen LogP contribution in [-0.2, 0) is 17.6 Å². The lowest BCUT2D eigenvalue weighted by Crippen LogP contribution is -2.03. The van der Waals surface area contributed by atoms with Gasteiger partial charge in [-0.1, -0.05) is 20.8 Å². The van der Waals surface area contributed by atoms with E-state index in [1.54, 1.807) is 0 Å². The van der Waals surface area contributed by atoms with Crippen molar-refractivity contribution in [3.63, 3.8) is 0 Å². The molecule has 0 amide bonds. The van der Waals surface area contributed by atoms with Gasteiger partial charge in [-0.05, 0) is 98.6 Å². The van der Waals surface area contributed by atoms with E-state index in [2.05, 4.69) is 62.8 Å². The highest BCUT2D eigenvalue weighted by Gasteiger charge is 2.23. The molecule has 1 unspecified atom stereocenters. The molecule has 8 bridgehead atoms. The molecular weight excluding hydrogens is 460 g/mol. The minimum atomic E-state index is -0.346. The van der Waals surface area contributed by atoms with Crippen molar-refractivity contribution in [3.05, 3.63) is 68.8 Å². The Hall–Kier alpha value is -3.67. The number of hydrogen-bond donors (Lipinski definition) is 2. The molecule has 37 heavy (non-hydrogen) atoms. The molecule has 0 saturated carbocycles. The van der Waals surface area contributed by atoms with Gasteiger partial charge in [0.2, 0.25) is 0 Å².